The number of hydrogen-bond donors (Lipinski definition) is 1. The fourth-order valence-corrected chi connectivity index (χ4v) is 1.07. The molecule has 0 aliphatic heterocycles. The van der Waals surface area contributed by atoms with E-state index in [1.54, 1.807) is 6.26 Å². The zero-order valence-corrected chi connectivity index (χ0v) is 7.76. The van der Waals surface area contributed by atoms with E-state index in [9.17, 15) is 0 Å². The van der Waals surface area contributed by atoms with Crippen LogP contribution >= 0.6 is 0 Å². The minimum atomic E-state index is 0.842. The number of nitrogens with one attached hydrogen (secondary N) is 1. The van der Waals surface area contributed by atoms with Gasteiger partial charge < -0.3 is 9.73 Å². The van der Waals surface area contributed by atoms with E-state index in [0.717, 1.165) is 37.4 Å². The molecule has 1 aromatic heterocycles. The van der Waals surface area contributed by atoms with Gasteiger partial charge in [0, 0.05) is 6.42 Å². The first-order valence-electron chi connectivity index (χ1n) is 4.44. The Morgan fingerprint density at radius 3 is 3.00 bits per heavy atom. The first-order chi connectivity index (χ1) is 5.86. The fraction of sp³-hybridized carbons (Fsp3) is 0.667. The van der Waals surface area contributed by atoms with Gasteiger partial charge in [-0.25, -0.2) is 4.98 Å². The minimum Gasteiger partial charge on any atom is -0.449 e. The highest BCUT2D eigenvalue weighted by atomic mass is 16.3. The summed E-state index contributed by atoms with van der Waals surface area (Å²) in [5.41, 5.74) is 1.07. The highest BCUT2D eigenvalue weighted by molar-refractivity contribution is 4.96. The van der Waals surface area contributed by atoms with Crippen LogP contribution in [0.15, 0.2) is 10.7 Å². The van der Waals surface area contributed by atoms with Crippen molar-refractivity contribution in [3.63, 3.8) is 0 Å². The maximum atomic E-state index is 5.21. The van der Waals surface area contributed by atoms with Crippen molar-refractivity contribution in [2.24, 2.45) is 0 Å². The molecule has 1 heterocycles. The zero-order valence-electron chi connectivity index (χ0n) is 7.76. The van der Waals surface area contributed by atoms with Gasteiger partial charge in [0.2, 0.25) is 0 Å². The monoisotopic (exact) mass is 168 g/mol. The van der Waals surface area contributed by atoms with Crippen LogP contribution in [-0.2, 0) is 12.8 Å². The number of oxazole rings is 1. The molecule has 3 nitrogen and oxygen atoms in total. The summed E-state index contributed by atoms with van der Waals surface area (Å²) < 4.78 is 5.21. The summed E-state index contributed by atoms with van der Waals surface area (Å²) in [6, 6.07) is 0. The molecule has 1 N–H and O–H groups in total. The second-order valence-corrected chi connectivity index (χ2v) is 2.79. The van der Waals surface area contributed by atoms with Crippen LogP contribution < -0.4 is 5.32 Å². The Labute approximate surface area is 73.2 Å². The molecule has 0 saturated carbocycles. The van der Waals surface area contributed by atoms with E-state index in [1.807, 2.05) is 14.0 Å². The molecule has 0 saturated heterocycles. The highest BCUT2D eigenvalue weighted by Crippen LogP contribution is 2.04. The van der Waals surface area contributed by atoms with E-state index in [1.165, 1.54) is 0 Å². The maximum absolute atomic E-state index is 5.21. The van der Waals surface area contributed by atoms with E-state index in [0.29, 0.717) is 0 Å². The first-order valence-corrected chi connectivity index (χ1v) is 4.44. The molecule has 68 valence electrons. The highest BCUT2D eigenvalue weighted by Gasteiger charge is 2.00. The quantitative estimate of drug-likeness (QED) is 0.675. The van der Waals surface area contributed by atoms with Crippen LogP contribution in [0.5, 0.6) is 0 Å². The molecule has 0 aromatic carbocycles. The van der Waals surface area contributed by atoms with Crippen molar-refractivity contribution in [1.29, 1.82) is 0 Å². The third-order valence-corrected chi connectivity index (χ3v) is 1.76. The summed E-state index contributed by atoms with van der Waals surface area (Å²) in [5.74, 6) is 0.842. The lowest BCUT2D eigenvalue weighted by molar-refractivity contribution is 0.501. The Hall–Kier alpha value is -0.830. The van der Waals surface area contributed by atoms with Gasteiger partial charge in [-0.3, -0.25) is 0 Å². The molecular formula is C9H16N2O. The number of hydrogen-bond acceptors (Lipinski definition) is 3. The maximum Gasteiger partial charge on any atom is 0.193 e. The summed E-state index contributed by atoms with van der Waals surface area (Å²) in [7, 11) is 1.96. The molecule has 0 fully saturated rings. The standard InChI is InChI=1S/C9H16N2O/c1-3-9-11-8(7-12-9)5-4-6-10-2/h7,10H,3-6H2,1-2H3. The number of nitrogens with zero attached hydrogens (tertiary/aromatic N) is 1. The summed E-state index contributed by atoms with van der Waals surface area (Å²) in [6.45, 7) is 3.08. The molecule has 1 aromatic rings. The SMILES string of the molecule is CCc1nc(CCCNC)co1. The van der Waals surface area contributed by atoms with Crippen LogP contribution in [0.2, 0.25) is 0 Å². The van der Waals surface area contributed by atoms with Crippen molar-refractivity contribution in [2.75, 3.05) is 13.6 Å². The Kier molecular flexibility index (Phi) is 3.80. The van der Waals surface area contributed by atoms with Crippen LogP contribution in [0.3, 0.4) is 0 Å². The molecule has 0 amide bonds. The third-order valence-electron chi connectivity index (χ3n) is 1.76. The molecule has 0 unspecified atom stereocenters. The van der Waals surface area contributed by atoms with E-state index >= 15 is 0 Å². The van der Waals surface area contributed by atoms with E-state index in [4.69, 9.17) is 4.42 Å². The predicted molar refractivity (Wildman–Crippen MR) is 48.1 cm³/mol. The van der Waals surface area contributed by atoms with Gasteiger partial charge in [-0.05, 0) is 26.4 Å². The first kappa shape index (κ1) is 9.26. The van der Waals surface area contributed by atoms with Crippen molar-refractivity contribution >= 4 is 0 Å². The van der Waals surface area contributed by atoms with Gasteiger partial charge in [0.25, 0.3) is 0 Å². The second kappa shape index (κ2) is 4.93. The van der Waals surface area contributed by atoms with Crippen molar-refractivity contribution in [3.8, 4) is 0 Å². The minimum absolute atomic E-state index is 0.842. The molecule has 0 radical (unpaired) electrons. The van der Waals surface area contributed by atoms with Crippen molar-refractivity contribution in [3.05, 3.63) is 17.8 Å². The van der Waals surface area contributed by atoms with Crippen LogP contribution in [0.1, 0.15) is 24.9 Å². The smallest absolute Gasteiger partial charge is 0.193 e. The van der Waals surface area contributed by atoms with E-state index < -0.39 is 0 Å². The van der Waals surface area contributed by atoms with Crippen LogP contribution in [0.25, 0.3) is 0 Å². The normalized spacial score (nSPS) is 10.5. The second-order valence-electron chi connectivity index (χ2n) is 2.79. The Morgan fingerprint density at radius 1 is 1.58 bits per heavy atom. The number of aryl methyl sites for hydroxylation is 2. The topological polar surface area (TPSA) is 38.1 Å². The Bertz CT molecular complexity index is 220. The lowest BCUT2D eigenvalue weighted by atomic mass is 10.2. The van der Waals surface area contributed by atoms with Crippen molar-refractivity contribution < 1.29 is 4.42 Å². The molecule has 3 heteroatoms. The molecular weight excluding hydrogens is 152 g/mol. The summed E-state index contributed by atoms with van der Waals surface area (Å²) in [5, 5.41) is 3.10. The van der Waals surface area contributed by atoms with Gasteiger partial charge in [-0.15, -0.1) is 0 Å². The van der Waals surface area contributed by atoms with Gasteiger partial charge in [0.1, 0.15) is 6.26 Å². The summed E-state index contributed by atoms with van der Waals surface area (Å²) in [4.78, 5) is 4.31. The van der Waals surface area contributed by atoms with Gasteiger partial charge in [0.05, 0.1) is 5.69 Å². The van der Waals surface area contributed by atoms with Gasteiger partial charge >= 0.3 is 0 Å². The summed E-state index contributed by atoms with van der Waals surface area (Å²) >= 11 is 0. The largest absolute Gasteiger partial charge is 0.449 e. The number of aromatic nitrogens is 1. The van der Waals surface area contributed by atoms with Crippen molar-refractivity contribution in [1.82, 2.24) is 10.3 Å². The molecule has 12 heavy (non-hydrogen) atoms. The van der Waals surface area contributed by atoms with Crippen LogP contribution in [0.4, 0.5) is 0 Å². The van der Waals surface area contributed by atoms with Gasteiger partial charge in [-0.1, -0.05) is 6.92 Å². The molecule has 0 atom stereocenters. The average molecular weight is 168 g/mol. The fourth-order valence-electron chi connectivity index (χ4n) is 1.07. The Balaban J connectivity index is 2.31. The average Bonchev–Trinajstić information content (AvgIpc) is 2.53. The lowest BCUT2D eigenvalue weighted by Gasteiger charge is -1.94. The van der Waals surface area contributed by atoms with E-state index in [2.05, 4.69) is 10.3 Å². The molecule has 0 spiro atoms. The Morgan fingerprint density at radius 2 is 2.42 bits per heavy atom. The molecule has 0 aliphatic rings. The van der Waals surface area contributed by atoms with Gasteiger partial charge in [0.15, 0.2) is 5.89 Å². The summed E-state index contributed by atoms with van der Waals surface area (Å²) in [6.07, 6.45) is 4.76. The zero-order chi connectivity index (χ0) is 8.81. The number of rotatable bonds is 5. The van der Waals surface area contributed by atoms with Gasteiger partial charge in [-0.2, -0.15) is 0 Å². The van der Waals surface area contributed by atoms with Crippen LogP contribution in [-0.4, -0.2) is 18.6 Å². The van der Waals surface area contributed by atoms with E-state index in [-0.39, 0.29) is 0 Å². The molecule has 1 rings (SSSR count). The molecule has 0 bridgehead atoms. The van der Waals surface area contributed by atoms with Crippen LogP contribution in [0, 0.1) is 0 Å². The third kappa shape index (κ3) is 2.66. The lowest BCUT2D eigenvalue weighted by Crippen LogP contribution is -2.08. The predicted octanol–water partition coefficient (Wildman–Crippen LogP) is 1.39. The molecule has 0 aliphatic carbocycles. The van der Waals surface area contributed by atoms with Crippen molar-refractivity contribution in [2.45, 2.75) is 26.2 Å².